The minimum Gasteiger partial charge on any atom is -0.475 e. The van der Waals surface area contributed by atoms with E-state index in [9.17, 15) is 27.6 Å². The van der Waals surface area contributed by atoms with Crippen molar-refractivity contribution >= 4 is 29.6 Å². The standard InChI is InChI=1S/C29H40N4O4.C2HF3O2/c1-28(2,3)20-37-27(36)30-24-12-10-22(11-13-24)26(35)33-16-14-32(15-17-33)19-21-8-7-9-23(18-21)25(34)31-29(4,5)6;3-2(4,5)1(6)7/h7-13,18H,14-17,19-20H2,1-6H3,(H,30,36)(H,31,34);(H,6,7). The molecule has 1 saturated heterocycles. The number of carbonyl (C=O) groups is 4. The van der Waals surface area contributed by atoms with Gasteiger partial charge in [0.1, 0.15) is 0 Å². The molecule has 1 fully saturated rings. The molecule has 0 spiro atoms. The highest BCUT2D eigenvalue weighted by Crippen LogP contribution is 2.17. The number of piperazine rings is 1. The van der Waals surface area contributed by atoms with Crippen LogP contribution in [0.25, 0.3) is 0 Å². The number of carbonyl (C=O) groups excluding carboxylic acids is 3. The molecular formula is C31H41F3N4O6. The number of amides is 3. The minimum atomic E-state index is -5.08. The number of carboxylic acids is 1. The number of nitrogens with one attached hydrogen (secondary N) is 2. The molecule has 0 unspecified atom stereocenters. The zero-order valence-electron chi connectivity index (χ0n) is 25.9. The van der Waals surface area contributed by atoms with Gasteiger partial charge in [-0.2, -0.15) is 13.2 Å². The molecule has 0 aliphatic carbocycles. The molecule has 1 aliphatic heterocycles. The summed E-state index contributed by atoms with van der Waals surface area (Å²) in [5, 5.41) is 12.8. The Balaban J connectivity index is 0.000000860. The van der Waals surface area contributed by atoms with Crippen LogP contribution in [0.2, 0.25) is 0 Å². The summed E-state index contributed by atoms with van der Waals surface area (Å²) >= 11 is 0. The largest absolute Gasteiger partial charge is 0.490 e. The summed E-state index contributed by atoms with van der Waals surface area (Å²) in [6, 6.07) is 14.6. The van der Waals surface area contributed by atoms with Crippen LogP contribution >= 0.6 is 0 Å². The van der Waals surface area contributed by atoms with Crippen LogP contribution in [0.15, 0.2) is 48.5 Å². The molecule has 0 saturated carbocycles. The summed E-state index contributed by atoms with van der Waals surface area (Å²) in [7, 11) is 0. The van der Waals surface area contributed by atoms with E-state index in [1.165, 1.54) is 0 Å². The lowest BCUT2D eigenvalue weighted by molar-refractivity contribution is -0.192. The molecule has 3 amide bonds. The van der Waals surface area contributed by atoms with Gasteiger partial charge in [0.2, 0.25) is 0 Å². The monoisotopic (exact) mass is 622 g/mol. The molecule has 3 N–H and O–H groups in total. The Morgan fingerprint density at radius 2 is 1.43 bits per heavy atom. The average molecular weight is 623 g/mol. The van der Waals surface area contributed by atoms with Gasteiger partial charge < -0.3 is 20.1 Å². The van der Waals surface area contributed by atoms with Crippen LogP contribution < -0.4 is 10.6 Å². The number of rotatable bonds is 6. The second-order valence-corrected chi connectivity index (χ2v) is 12.6. The van der Waals surface area contributed by atoms with Crippen LogP contribution in [-0.2, 0) is 16.1 Å². The van der Waals surface area contributed by atoms with Crippen molar-refractivity contribution in [3.05, 3.63) is 65.2 Å². The summed E-state index contributed by atoms with van der Waals surface area (Å²) in [5.41, 5.74) is 2.50. The number of halogens is 3. The maximum absolute atomic E-state index is 13.0. The number of benzene rings is 2. The quantitative estimate of drug-likeness (QED) is 0.394. The summed E-state index contributed by atoms with van der Waals surface area (Å²) in [6.45, 7) is 15.7. The first kappa shape index (κ1) is 36.1. The van der Waals surface area contributed by atoms with E-state index in [1.807, 2.05) is 70.7 Å². The number of anilines is 1. The zero-order chi connectivity index (χ0) is 33.3. The maximum Gasteiger partial charge on any atom is 0.490 e. The van der Waals surface area contributed by atoms with Crippen molar-refractivity contribution in [2.45, 2.75) is 59.8 Å². The van der Waals surface area contributed by atoms with Gasteiger partial charge in [0, 0.05) is 55.1 Å². The lowest BCUT2D eigenvalue weighted by atomic mass is 9.99. The molecule has 1 aliphatic rings. The number of nitrogens with zero attached hydrogens (tertiary/aromatic N) is 2. The average Bonchev–Trinajstić information content (AvgIpc) is 2.91. The highest BCUT2D eigenvalue weighted by Gasteiger charge is 2.38. The third-order valence-electron chi connectivity index (χ3n) is 6.00. The van der Waals surface area contributed by atoms with Crippen molar-refractivity contribution < 1.29 is 42.2 Å². The lowest BCUT2D eigenvalue weighted by Gasteiger charge is -2.35. The number of carboxylic acid groups (broad SMARTS) is 1. The van der Waals surface area contributed by atoms with Gasteiger partial charge in [-0.3, -0.25) is 19.8 Å². The van der Waals surface area contributed by atoms with Crippen LogP contribution in [-0.4, -0.2) is 83.3 Å². The molecule has 13 heteroatoms. The van der Waals surface area contributed by atoms with Gasteiger partial charge in [-0.05, 0) is 68.1 Å². The molecule has 0 bridgehead atoms. The van der Waals surface area contributed by atoms with Gasteiger partial charge >= 0.3 is 18.2 Å². The van der Waals surface area contributed by atoms with E-state index in [4.69, 9.17) is 14.6 Å². The van der Waals surface area contributed by atoms with Crippen molar-refractivity contribution in [1.29, 1.82) is 0 Å². The first-order valence-corrected chi connectivity index (χ1v) is 14.0. The summed E-state index contributed by atoms with van der Waals surface area (Å²) < 4.78 is 37.0. The fourth-order valence-electron chi connectivity index (χ4n) is 3.91. The fraction of sp³-hybridized carbons (Fsp3) is 0.484. The SMILES string of the molecule is CC(C)(C)COC(=O)Nc1ccc(C(=O)N2CCN(Cc3cccc(C(=O)NC(C)(C)C)c3)CC2)cc1.O=C(O)C(F)(F)F. The second kappa shape index (κ2) is 15.0. The summed E-state index contributed by atoms with van der Waals surface area (Å²) in [4.78, 5) is 50.5. The molecule has 1 heterocycles. The number of alkyl halides is 3. The first-order valence-electron chi connectivity index (χ1n) is 14.0. The third kappa shape index (κ3) is 13.0. The van der Waals surface area contributed by atoms with Crippen molar-refractivity contribution in [3.8, 4) is 0 Å². The molecule has 0 aromatic heterocycles. The molecule has 2 aromatic rings. The first-order chi connectivity index (χ1) is 20.2. The van der Waals surface area contributed by atoms with Crippen LogP contribution in [0.1, 0.15) is 67.8 Å². The zero-order valence-corrected chi connectivity index (χ0v) is 25.9. The fourth-order valence-corrected chi connectivity index (χ4v) is 3.91. The number of hydrogen-bond acceptors (Lipinski definition) is 6. The van der Waals surface area contributed by atoms with Gasteiger partial charge in [0.15, 0.2) is 0 Å². The van der Waals surface area contributed by atoms with Crippen molar-refractivity contribution in [1.82, 2.24) is 15.1 Å². The van der Waals surface area contributed by atoms with Gasteiger partial charge in [-0.15, -0.1) is 0 Å². The van der Waals surface area contributed by atoms with Gasteiger partial charge in [-0.25, -0.2) is 9.59 Å². The van der Waals surface area contributed by atoms with Crippen LogP contribution in [0.3, 0.4) is 0 Å². The Bertz CT molecular complexity index is 1290. The number of hydrogen-bond donors (Lipinski definition) is 3. The molecule has 0 radical (unpaired) electrons. The van der Waals surface area contributed by atoms with Crippen LogP contribution in [0, 0.1) is 5.41 Å². The van der Waals surface area contributed by atoms with E-state index >= 15 is 0 Å². The van der Waals surface area contributed by atoms with Crippen molar-refractivity contribution in [2.24, 2.45) is 5.41 Å². The van der Waals surface area contributed by atoms with Gasteiger partial charge in [-0.1, -0.05) is 32.9 Å². The van der Waals surface area contributed by atoms with E-state index < -0.39 is 18.2 Å². The van der Waals surface area contributed by atoms with Gasteiger partial charge in [0.05, 0.1) is 6.61 Å². The topological polar surface area (TPSA) is 128 Å². The normalized spacial score (nSPS) is 14.2. The molecule has 2 aromatic carbocycles. The van der Waals surface area contributed by atoms with Gasteiger partial charge in [0.25, 0.3) is 11.8 Å². The Hall–Kier alpha value is -4.13. The van der Waals surface area contributed by atoms with E-state index in [-0.39, 0.29) is 22.8 Å². The second-order valence-electron chi connectivity index (χ2n) is 12.6. The predicted molar refractivity (Wildman–Crippen MR) is 159 cm³/mol. The molecule has 242 valence electrons. The van der Waals surface area contributed by atoms with Crippen LogP contribution in [0.5, 0.6) is 0 Å². The van der Waals surface area contributed by atoms with Crippen molar-refractivity contribution in [3.63, 3.8) is 0 Å². The van der Waals surface area contributed by atoms with E-state index in [2.05, 4.69) is 15.5 Å². The molecule has 0 atom stereocenters. The van der Waals surface area contributed by atoms with E-state index in [1.54, 1.807) is 24.3 Å². The Labute approximate surface area is 255 Å². The highest BCUT2D eigenvalue weighted by molar-refractivity contribution is 5.95. The Kier molecular flexibility index (Phi) is 12.3. The lowest BCUT2D eigenvalue weighted by Crippen LogP contribution is -2.48. The minimum absolute atomic E-state index is 0.0256. The summed E-state index contributed by atoms with van der Waals surface area (Å²) in [5.74, 6) is -2.86. The molecule has 10 nitrogen and oxygen atoms in total. The Morgan fingerprint density at radius 1 is 0.864 bits per heavy atom. The van der Waals surface area contributed by atoms with E-state index in [0.717, 1.165) is 25.2 Å². The maximum atomic E-state index is 13.0. The third-order valence-corrected chi connectivity index (χ3v) is 6.00. The molecule has 44 heavy (non-hydrogen) atoms. The Morgan fingerprint density at radius 3 is 1.93 bits per heavy atom. The van der Waals surface area contributed by atoms with E-state index in [0.29, 0.717) is 36.5 Å². The smallest absolute Gasteiger partial charge is 0.475 e. The van der Waals surface area contributed by atoms with Crippen LogP contribution in [0.4, 0.5) is 23.7 Å². The summed E-state index contributed by atoms with van der Waals surface area (Å²) in [6.07, 6.45) is -5.59. The molecule has 3 rings (SSSR count). The number of aliphatic carboxylic acids is 1. The highest BCUT2D eigenvalue weighted by atomic mass is 19.4. The molecular weight excluding hydrogens is 581 g/mol. The van der Waals surface area contributed by atoms with Crippen molar-refractivity contribution in [2.75, 3.05) is 38.1 Å². The number of ether oxygens (including phenoxy) is 1. The predicted octanol–water partition coefficient (Wildman–Crippen LogP) is 5.40.